The van der Waals surface area contributed by atoms with Crippen LogP contribution in [0, 0.1) is 17.3 Å². The molecule has 9 nitrogen and oxygen atoms in total. The van der Waals surface area contributed by atoms with E-state index in [0.29, 0.717) is 24.5 Å². The fraction of sp³-hybridized carbons (Fsp3) is 0.800. The molecule has 3 fully saturated rings. The lowest BCUT2D eigenvalue weighted by Crippen LogP contribution is -2.55. The van der Waals surface area contributed by atoms with E-state index in [9.17, 15) is 4.79 Å². The molecule has 5 rings (SSSR count). The van der Waals surface area contributed by atoms with Crippen molar-refractivity contribution in [2.75, 3.05) is 71.2 Å². The number of carbonyl (C=O) groups is 1. The normalized spacial score (nSPS) is 27.0. The molecule has 0 saturated carbocycles. The molecule has 248 valence electrons. The van der Waals surface area contributed by atoms with E-state index in [-0.39, 0.29) is 17.6 Å². The summed E-state index contributed by atoms with van der Waals surface area (Å²) in [6, 6.07) is 6.87. The molecule has 2 N–H and O–H groups in total. The molecule has 4 aliphatic heterocycles. The molecule has 0 spiro atoms. The van der Waals surface area contributed by atoms with Gasteiger partial charge in [-0.05, 0) is 81.9 Å². The predicted octanol–water partition coefficient (Wildman–Crippen LogP) is 4.70. The Balaban J connectivity index is 1.10. The third-order valence-corrected chi connectivity index (χ3v) is 10.3. The van der Waals surface area contributed by atoms with Gasteiger partial charge < -0.3 is 39.2 Å². The number of piperidine rings is 1. The first kappa shape index (κ1) is 33.5. The topological polar surface area (TPSA) is 90.5 Å². The lowest BCUT2D eigenvalue weighted by molar-refractivity contribution is -0.130. The van der Waals surface area contributed by atoms with Crippen molar-refractivity contribution in [3.8, 4) is 5.75 Å². The van der Waals surface area contributed by atoms with E-state index < -0.39 is 5.41 Å². The molecule has 9 heteroatoms. The molecule has 0 unspecified atom stereocenters. The lowest BCUT2D eigenvalue weighted by atomic mass is 9.81. The van der Waals surface area contributed by atoms with Crippen LogP contribution in [0.4, 0.5) is 5.69 Å². The molecule has 0 radical (unpaired) electrons. The van der Waals surface area contributed by atoms with Gasteiger partial charge in [0, 0.05) is 77.2 Å². The number of benzene rings is 1. The highest BCUT2D eigenvalue weighted by molar-refractivity contribution is 5.81. The van der Waals surface area contributed by atoms with Gasteiger partial charge in [0.2, 0.25) is 5.91 Å². The van der Waals surface area contributed by atoms with E-state index in [1.54, 1.807) is 7.11 Å². The first-order chi connectivity index (χ1) is 21.3. The second kappa shape index (κ2) is 15.6. The molecule has 0 aromatic heterocycles. The van der Waals surface area contributed by atoms with Gasteiger partial charge in [-0.15, -0.1) is 0 Å². The van der Waals surface area contributed by atoms with Gasteiger partial charge in [0.1, 0.15) is 11.4 Å². The van der Waals surface area contributed by atoms with E-state index in [2.05, 4.69) is 54.5 Å². The summed E-state index contributed by atoms with van der Waals surface area (Å²) >= 11 is 0. The van der Waals surface area contributed by atoms with Gasteiger partial charge >= 0.3 is 0 Å². The quantitative estimate of drug-likeness (QED) is 0.309. The van der Waals surface area contributed by atoms with Gasteiger partial charge in [-0.1, -0.05) is 19.9 Å². The van der Waals surface area contributed by atoms with Crippen molar-refractivity contribution < 1.29 is 28.5 Å². The Morgan fingerprint density at radius 3 is 2.55 bits per heavy atom. The minimum atomic E-state index is -0.405. The van der Waals surface area contributed by atoms with Gasteiger partial charge in [0.15, 0.2) is 0 Å². The minimum absolute atomic E-state index is 0.157. The Morgan fingerprint density at radius 2 is 1.84 bits per heavy atom. The van der Waals surface area contributed by atoms with Crippen LogP contribution in [-0.2, 0) is 30.3 Å². The minimum Gasteiger partial charge on any atom is -0.483 e. The van der Waals surface area contributed by atoms with Crippen LogP contribution in [0.2, 0.25) is 0 Å². The molecule has 4 aliphatic rings. The maximum atomic E-state index is 13.0. The van der Waals surface area contributed by atoms with Crippen LogP contribution in [0.3, 0.4) is 0 Å². The van der Waals surface area contributed by atoms with Crippen molar-refractivity contribution in [1.82, 2.24) is 10.6 Å². The number of anilines is 1. The van der Waals surface area contributed by atoms with E-state index in [1.807, 2.05) is 0 Å². The summed E-state index contributed by atoms with van der Waals surface area (Å²) < 4.78 is 29.6. The summed E-state index contributed by atoms with van der Waals surface area (Å²) in [7, 11) is 1.77. The van der Waals surface area contributed by atoms with E-state index >= 15 is 0 Å². The largest absolute Gasteiger partial charge is 0.483 e. The van der Waals surface area contributed by atoms with Crippen molar-refractivity contribution >= 4 is 11.6 Å². The molecular weight excluding hydrogens is 558 g/mol. The van der Waals surface area contributed by atoms with Crippen molar-refractivity contribution in [3.63, 3.8) is 0 Å². The van der Waals surface area contributed by atoms with Gasteiger partial charge in [0.25, 0.3) is 0 Å². The Kier molecular flexibility index (Phi) is 11.9. The Bertz CT molecular complexity index is 1050. The van der Waals surface area contributed by atoms with Crippen LogP contribution in [0.25, 0.3) is 0 Å². The van der Waals surface area contributed by atoms with Gasteiger partial charge in [-0.2, -0.15) is 0 Å². The average Bonchev–Trinajstić information content (AvgIpc) is 3.04. The van der Waals surface area contributed by atoms with Gasteiger partial charge in [-0.25, -0.2) is 0 Å². The maximum absolute atomic E-state index is 13.0. The zero-order chi connectivity index (χ0) is 31.0. The van der Waals surface area contributed by atoms with Crippen molar-refractivity contribution in [1.29, 1.82) is 0 Å². The number of fused-ring (bicyclic) bond motifs is 1. The number of rotatable bonds is 13. The smallest absolute Gasteiger partial charge is 0.225 e. The molecule has 44 heavy (non-hydrogen) atoms. The zero-order valence-electron chi connectivity index (χ0n) is 27.7. The van der Waals surface area contributed by atoms with Crippen molar-refractivity contribution in [3.05, 3.63) is 23.8 Å². The van der Waals surface area contributed by atoms with E-state index in [1.165, 1.54) is 5.56 Å². The number of ether oxygens (including phenoxy) is 5. The summed E-state index contributed by atoms with van der Waals surface area (Å²) in [6.45, 7) is 14.4. The molecule has 3 atom stereocenters. The second-order valence-corrected chi connectivity index (χ2v) is 14.3. The van der Waals surface area contributed by atoms with Crippen LogP contribution in [0.15, 0.2) is 18.2 Å². The Morgan fingerprint density at radius 1 is 1.09 bits per heavy atom. The van der Waals surface area contributed by atoms with Crippen LogP contribution in [0.1, 0.15) is 77.7 Å². The molecule has 1 aromatic carbocycles. The fourth-order valence-corrected chi connectivity index (χ4v) is 7.41. The molecule has 3 saturated heterocycles. The fourth-order valence-electron chi connectivity index (χ4n) is 7.41. The van der Waals surface area contributed by atoms with Crippen LogP contribution >= 0.6 is 0 Å². The molecule has 1 aromatic rings. The Hall–Kier alpha value is -1.91. The molecule has 4 heterocycles. The first-order valence-corrected chi connectivity index (χ1v) is 17.1. The van der Waals surface area contributed by atoms with Crippen molar-refractivity contribution in [2.45, 2.75) is 96.5 Å². The van der Waals surface area contributed by atoms with Crippen LogP contribution in [-0.4, -0.2) is 90.0 Å². The van der Waals surface area contributed by atoms with E-state index in [4.69, 9.17) is 23.7 Å². The molecule has 0 bridgehead atoms. The standard InChI is InChI=1S/C35H57N3O6/c1-34(2,33(39)37-22-26-10-16-41-17-11-26)21-29-7-8-30(23-36-29)43-24-27-6-9-32-31(20-27)38(14-5-15-40-4)25-35(3,44-32)28-12-18-42-19-13-28/h6,9,20,26,28-30,36H,5,7-8,10-19,21-25H2,1-4H3,(H,37,39)/t29-,30+,35+/m0/s1. The Labute approximate surface area is 265 Å². The zero-order valence-corrected chi connectivity index (χ0v) is 27.7. The number of hydrogen-bond donors (Lipinski definition) is 2. The number of hydrogen-bond acceptors (Lipinski definition) is 8. The number of methoxy groups -OCH3 is 1. The third-order valence-electron chi connectivity index (χ3n) is 10.3. The summed E-state index contributed by atoms with van der Waals surface area (Å²) in [4.78, 5) is 15.5. The van der Waals surface area contributed by atoms with Crippen LogP contribution in [0.5, 0.6) is 5.75 Å². The van der Waals surface area contributed by atoms with E-state index in [0.717, 1.165) is 122 Å². The second-order valence-electron chi connectivity index (χ2n) is 14.3. The number of carbonyl (C=O) groups excluding carboxylic acids is 1. The summed E-state index contributed by atoms with van der Waals surface area (Å²) in [5.41, 5.74) is 1.69. The highest BCUT2D eigenvalue weighted by atomic mass is 16.5. The molecule has 0 aliphatic carbocycles. The highest BCUT2D eigenvalue weighted by Crippen LogP contribution is 2.43. The lowest BCUT2D eigenvalue weighted by Gasteiger charge is -2.48. The summed E-state index contributed by atoms with van der Waals surface area (Å²) in [5.74, 6) is 2.14. The van der Waals surface area contributed by atoms with Crippen molar-refractivity contribution in [2.24, 2.45) is 17.3 Å². The number of nitrogens with zero attached hydrogens (tertiary/aromatic N) is 1. The third kappa shape index (κ3) is 8.87. The monoisotopic (exact) mass is 615 g/mol. The average molecular weight is 616 g/mol. The maximum Gasteiger partial charge on any atom is 0.225 e. The number of amides is 1. The predicted molar refractivity (Wildman–Crippen MR) is 172 cm³/mol. The molecule has 1 amide bonds. The summed E-state index contributed by atoms with van der Waals surface area (Å²) in [6.07, 6.45) is 8.14. The highest BCUT2D eigenvalue weighted by Gasteiger charge is 2.43. The first-order valence-electron chi connectivity index (χ1n) is 17.1. The van der Waals surface area contributed by atoms with Gasteiger partial charge in [0.05, 0.1) is 24.9 Å². The molecular formula is C35H57N3O6. The van der Waals surface area contributed by atoms with Crippen LogP contribution < -0.4 is 20.3 Å². The SMILES string of the molecule is COCCCN1C[C@](C)(C2CCOCC2)Oc2ccc(CO[C@@H]3CC[C@@H](CC(C)(C)C(=O)NCC4CCOCC4)NC3)cc21. The van der Waals surface area contributed by atoms with Gasteiger partial charge in [-0.3, -0.25) is 4.79 Å². The number of nitrogens with one attached hydrogen (secondary N) is 2. The summed E-state index contributed by atoms with van der Waals surface area (Å²) in [5, 5.41) is 6.90.